The summed E-state index contributed by atoms with van der Waals surface area (Å²) in [5.41, 5.74) is 0. The second-order valence-electron chi connectivity index (χ2n) is 4.27. The van der Waals surface area contributed by atoms with E-state index in [0.29, 0.717) is 0 Å². The van der Waals surface area contributed by atoms with Crippen molar-refractivity contribution in [3.05, 3.63) is 34.9 Å². The third-order valence-electron chi connectivity index (χ3n) is 3.11. The second-order valence-corrected chi connectivity index (χ2v) is 5.19. The summed E-state index contributed by atoms with van der Waals surface area (Å²) in [7, 11) is 0. The lowest BCUT2D eigenvalue weighted by atomic mass is 10.2. The van der Waals surface area contributed by atoms with Gasteiger partial charge in [-0.1, -0.05) is 22.0 Å². The highest BCUT2D eigenvalue weighted by Crippen LogP contribution is 2.22. The summed E-state index contributed by atoms with van der Waals surface area (Å²) in [4.78, 5) is 6.88. The Morgan fingerprint density at radius 2 is 1.94 bits per heavy atom. The molecule has 1 aliphatic heterocycles. The monoisotopic (exact) mass is 291 g/mol. The van der Waals surface area contributed by atoms with Gasteiger partial charge in [0, 0.05) is 42.2 Å². The molecule has 0 bridgehead atoms. The molecule has 1 aromatic heterocycles. The number of fused-ring (bicyclic) bond motifs is 1. The highest BCUT2D eigenvalue weighted by molar-refractivity contribution is 9.10. The third kappa shape index (κ3) is 2.28. The standard InChI is InChI=1S/C13H14BrN3/c14-12-2-1-10-8-13(16-9-11(10)7-12)17-5-3-15-4-6-17/h1-2,7-9,15H,3-6H2. The van der Waals surface area contributed by atoms with Crippen molar-refractivity contribution < 1.29 is 0 Å². The molecule has 0 spiro atoms. The van der Waals surface area contributed by atoms with Gasteiger partial charge in [0.15, 0.2) is 0 Å². The molecule has 3 nitrogen and oxygen atoms in total. The molecule has 4 heteroatoms. The lowest BCUT2D eigenvalue weighted by Crippen LogP contribution is -2.43. The smallest absolute Gasteiger partial charge is 0.129 e. The van der Waals surface area contributed by atoms with Crippen LogP contribution in [0.5, 0.6) is 0 Å². The number of nitrogens with zero attached hydrogens (tertiary/aromatic N) is 2. The molecule has 1 saturated heterocycles. The first-order valence-corrected chi connectivity index (χ1v) is 6.63. The number of rotatable bonds is 1. The van der Waals surface area contributed by atoms with E-state index in [1.54, 1.807) is 0 Å². The van der Waals surface area contributed by atoms with Crippen molar-refractivity contribution in [1.29, 1.82) is 0 Å². The fraction of sp³-hybridized carbons (Fsp3) is 0.308. The second kappa shape index (κ2) is 4.63. The molecule has 2 aromatic rings. The van der Waals surface area contributed by atoms with Crippen LogP contribution in [0, 0.1) is 0 Å². The number of halogens is 1. The largest absolute Gasteiger partial charge is 0.354 e. The summed E-state index contributed by atoms with van der Waals surface area (Å²) in [6, 6.07) is 8.48. The van der Waals surface area contributed by atoms with Gasteiger partial charge < -0.3 is 10.2 Å². The summed E-state index contributed by atoms with van der Waals surface area (Å²) in [5.74, 6) is 1.08. The molecule has 0 unspecified atom stereocenters. The summed E-state index contributed by atoms with van der Waals surface area (Å²) in [6.45, 7) is 4.16. The molecule has 1 aromatic carbocycles. The fourth-order valence-corrected chi connectivity index (χ4v) is 2.55. The minimum absolute atomic E-state index is 1.04. The van der Waals surface area contributed by atoms with Crippen LogP contribution in [0.25, 0.3) is 10.8 Å². The molecule has 1 N–H and O–H groups in total. The van der Waals surface area contributed by atoms with Crippen LogP contribution in [-0.4, -0.2) is 31.2 Å². The van der Waals surface area contributed by atoms with Crippen molar-refractivity contribution in [2.75, 3.05) is 31.1 Å². The molecule has 3 rings (SSSR count). The van der Waals surface area contributed by atoms with Gasteiger partial charge in [0.25, 0.3) is 0 Å². The zero-order valence-corrected chi connectivity index (χ0v) is 11.1. The van der Waals surface area contributed by atoms with Crippen LogP contribution in [0.3, 0.4) is 0 Å². The van der Waals surface area contributed by atoms with E-state index in [4.69, 9.17) is 0 Å². The molecule has 1 fully saturated rings. The maximum atomic E-state index is 4.55. The Morgan fingerprint density at radius 3 is 2.76 bits per heavy atom. The quantitative estimate of drug-likeness (QED) is 0.875. The average Bonchev–Trinajstić information content (AvgIpc) is 2.39. The summed E-state index contributed by atoms with van der Waals surface area (Å²) in [5, 5.41) is 5.78. The number of benzene rings is 1. The Hall–Kier alpha value is -1.13. The molecular weight excluding hydrogens is 278 g/mol. The van der Waals surface area contributed by atoms with Crippen LogP contribution < -0.4 is 10.2 Å². The maximum Gasteiger partial charge on any atom is 0.129 e. The van der Waals surface area contributed by atoms with Crippen molar-refractivity contribution in [3.8, 4) is 0 Å². The average molecular weight is 292 g/mol. The summed E-state index contributed by atoms with van der Waals surface area (Å²) in [6.07, 6.45) is 1.96. The van der Waals surface area contributed by atoms with Gasteiger partial charge in [0.05, 0.1) is 0 Å². The predicted molar refractivity (Wildman–Crippen MR) is 74.5 cm³/mol. The van der Waals surface area contributed by atoms with E-state index < -0.39 is 0 Å². The zero-order chi connectivity index (χ0) is 11.7. The van der Waals surface area contributed by atoms with Gasteiger partial charge in [0.2, 0.25) is 0 Å². The van der Waals surface area contributed by atoms with Crippen molar-refractivity contribution in [2.45, 2.75) is 0 Å². The first-order chi connectivity index (χ1) is 8.33. The minimum atomic E-state index is 1.04. The number of piperazine rings is 1. The van der Waals surface area contributed by atoms with Crippen molar-refractivity contribution in [2.24, 2.45) is 0 Å². The van der Waals surface area contributed by atoms with Gasteiger partial charge in [-0.3, -0.25) is 0 Å². The third-order valence-corrected chi connectivity index (χ3v) is 3.60. The number of nitrogens with one attached hydrogen (secondary N) is 1. The van der Waals surface area contributed by atoms with E-state index in [9.17, 15) is 0 Å². The van der Waals surface area contributed by atoms with Gasteiger partial charge in [-0.05, 0) is 23.6 Å². The Balaban J connectivity index is 1.98. The molecule has 0 atom stereocenters. The topological polar surface area (TPSA) is 28.2 Å². The normalized spacial score (nSPS) is 16.4. The minimum Gasteiger partial charge on any atom is -0.354 e. The Labute approximate surface area is 109 Å². The fourth-order valence-electron chi connectivity index (χ4n) is 2.17. The number of anilines is 1. The molecule has 17 heavy (non-hydrogen) atoms. The van der Waals surface area contributed by atoms with Crippen LogP contribution >= 0.6 is 15.9 Å². The highest BCUT2D eigenvalue weighted by Gasteiger charge is 2.11. The lowest BCUT2D eigenvalue weighted by molar-refractivity contribution is 0.585. The van der Waals surface area contributed by atoms with Crippen LogP contribution in [0.1, 0.15) is 0 Å². The molecule has 2 heterocycles. The molecule has 0 saturated carbocycles. The molecule has 0 amide bonds. The summed E-state index contributed by atoms with van der Waals surface area (Å²) >= 11 is 3.48. The molecular formula is C13H14BrN3. The number of hydrogen-bond donors (Lipinski definition) is 1. The molecule has 0 radical (unpaired) electrons. The van der Waals surface area contributed by atoms with Crippen LogP contribution in [0.4, 0.5) is 5.82 Å². The molecule has 88 valence electrons. The number of hydrogen-bond acceptors (Lipinski definition) is 3. The van der Waals surface area contributed by atoms with E-state index >= 15 is 0 Å². The Kier molecular flexibility index (Phi) is 2.99. The van der Waals surface area contributed by atoms with Crippen molar-refractivity contribution >= 4 is 32.5 Å². The first-order valence-electron chi connectivity index (χ1n) is 5.84. The molecule has 0 aliphatic carbocycles. The van der Waals surface area contributed by atoms with Gasteiger partial charge in [-0.25, -0.2) is 4.98 Å². The van der Waals surface area contributed by atoms with Crippen LogP contribution in [0.15, 0.2) is 34.9 Å². The van der Waals surface area contributed by atoms with Gasteiger partial charge >= 0.3 is 0 Å². The van der Waals surface area contributed by atoms with E-state index in [2.05, 4.69) is 55.4 Å². The lowest BCUT2D eigenvalue weighted by Gasteiger charge is -2.28. The molecule has 1 aliphatic rings. The van der Waals surface area contributed by atoms with Crippen molar-refractivity contribution in [1.82, 2.24) is 10.3 Å². The SMILES string of the molecule is Brc1ccc2cc(N3CCNCC3)ncc2c1. The number of pyridine rings is 1. The van der Waals surface area contributed by atoms with Gasteiger partial charge in [-0.15, -0.1) is 0 Å². The number of aromatic nitrogens is 1. The van der Waals surface area contributed by atoms with Crippen LogP contribution in [-0.2, 0) is 0 Å². The Morgan fingerprint density at radius 1 is 1.12 bits per heavy atom. The van der Waals surface area contributed by atoms with Crippen molar-refractivity contribution in [3.63, 3.8) is 0 Å². The van der Waals surface area contributed by atoms with Crippen LogP contribution in [0.2, 0.25) is 0 Å². The summed E-state index contributed by atoms with van der Waals surface area (Å²) < 4.78 is 1.10. The predicted octanol–water partition coefficient (Wildman–Crippen LogP) is 2.41. The van der Waals surface area contributed by atoms with Gasteiger partial charge in [-0.2, -0.15) is 0 Å². The van der Waals surface area contributed by atoms with Gasteiger partial charge in [0.1, 0.15) is 5.82 Å². The highest BCUT2D eigenvalue weighted by atomic mass is 79.9. The zero-order valence-electron chi connectivity index (χ0n) is 9.49. The maximum absolute atomic E-state index is 4.55. The van der Waals surface area contributed by atoms with E-state index in [-0.39, 0.29) is 0 Å². The van der Waals surface area contributed by atoms with E-state index in [1.807, 2.05) is 6.20 Å². The Bertz CT molecular complexity index is 535. The van der Waals surface area contributed by atoms with E-state index in [1.165, 1.54) is 10.8 Å². The van der Waals surface area contributed by atoms with E-state index in [0.717, 1.165) is 36.5 Å². The first kappa shape index (κ1) is 11.0.